The maximum atomic E-state index is 11.7. The second-order valence-electron chi connectivity index (χ2n) is 4.93. The molecule has 2 aromatic carbocycles. The minimum absolute atomic E-state index is 0.333. The highest BCUT2D eigenvalue weighted by atomic mass is 16.5. The summed E-state index contributed by atoms with van der Waals surface area (Å²) < 4.78 is 10.3. The average molecular weight is 283 g/mol. The number of benzene rings is 2. The van der Waals surface area contributed by atoms with Gasteiger partial charge < -0.3 is 14.8 Å². The molecule has 1 aliphatic heterocycles. The van der Waals surface area contributed by atoms with Crippen molar-refractivity contribution in [1.82, 2.24) is 0 Å². The molecule has 108 valence electrons. The van der Waals surface area contributed by atoms with E-state index in [0.717, 1.165) is 24.5 Å². The van der Waals surface area contributed by atoms with Crippen molar-refractivity contribution >= 4 is 11.7 Å². The van der Waals surface area contributed by atoms with Gasteiger partial charge in [0.15, 0.2) is 0 Å². The normalized spacial score (nSPS) is 12.4. The third-order valence-electron chi connectivity index (χ3n) is 3.57. The molecule has 0 aromatic heterocycles. The standard InChI is InChI=1S/C17H17NO3/c1-20-17(19)14-4-2-3-5-15(14)18-11-12-6-7-16-13(10-12)8-9-21-16/h2-7,10,18H,8-9,11H2,1H3. The first kappa shape index (κ1) is 13.5. The largest absolute Gasteiger partial charge is 0.493 e. The topological polar surface area (TPSA) is 47.6 Å². The summed E-state index contributed by atoms with van der Waals surface area (Å²) in [5.41, 5.74) is 3.74. The number of anilines is 1. The second-order valence-corrected chi connectivity index (χ2v) is 4.93. The maximum absolute atomic E-state index is 11.7. The summed E-state index contributed by atoms with van der Waals surface area (Å²) in [5, 5.41) is 3.29. The van der Waals surface area contributed by atoms with Crippen molar-refractivity contribution < 1.29 is 14.3 Å². The monoisotopic (exact) mass is 283 g/mol. The second kappa shape index (κ2) is 5.87. The minimum atomic E-state index is -0.333. The van der Waals surface area contributed by atoms with Gasteiger partial charge in [-0.05, 0) is 29.3 Å². The Morgan fingerprint density at radius 3 is 3.00 bits per heavy atom. The molecule has 21 heavy (non-hydrogen) atoms. The number of ether oxygens (including phenoxy) is 2. The van der Waals surface area contributed by atoms with Crippen LogP contribution in [-0.2, 0) is 17.7 Å². The van der Waals surface area contributed by atoms with Gasteiger partial charge in [-0.2, -0.15) is 0 Å². The van der Waals surface area contributed by atoms with E-state index in [1.54, 1.807) is 6.07 Å². The summed E-state index contributed by atoms with van der Waals surface area (Å²) in [7, 11) is 1.39. The van der Waals surface area contributed by atoms with Crippen LogP contribution in [0.5, 0.6) is 5.75 Å². The molecule has 0 spiro atoms. The molecule has 1 heterocycles. The zero-order chi connectivity index (χ0) is 14.7. The average Bonchev–Trinajstić information content (AvgIpc) is 3.00. The van der Waals surface area contributed by atoms with Crippen LogP contribution >= 0.6 is 0 Å². The fraction of sp³-hybridized carbons (Fsp3) is 0.235. The Balaban J connectivity index is 1.75. The van der Waals surface area contributed by atoms with Gasteiger partial charge in [-0.3, -0.25) is 0 Å². The number of esters is 1. The molecule has 3 rings (SSSR count). The molecule has 0 atom stereocenters. The predicted molar refractivity (Wildman–Crippen MR) is 80.7 cm³/mol. The molecule has 1 N–H and O–H groups in total. The molecular formula is C17H17NO3. The molecule has 0 aliphatic carbocycles. The number of nitrogens with one attached hydrogen (secondary N) is 1. The Labute approximate surface area is 123 Å². The highest BCUT2D eigenvalue weighted by Gasteiger charge is 2.13. The number of methoxy groups -OCH3 is 1. The van der Waals surface area contributed by atoms with E-state index in [0.29, 0.717) is 12.1 Å². The number of para-hydroxylation sites is 1. The lowest BCUT2D eigenvalue weighted by molar-refractivity contribution is 0.0602. The van der Waals surface area contributed by atoms with E-state index >= 15 is 0 Å². The molecule has 4 nitrogen and oxygen atoms in total. The van der Waals surface area contributed by atoms with E-state index in [2.05, 4.69) is 11.4 Å². The van der Waals surface area contributed by atoms with Crippen LogP contribution in [0.2, 0.25) is 0 Å². The zero-order valence-electron chi connectivity index (χ0n) is 11.9. The number of carbonyl (C=O) groups excluding carboxylic acids is 1. The van der Waals surface area contributed by atoms with E-state index in [4.69, 9.17) is 9.47 Å². The molecule has 0 bridgehead atoms. The summed E-state index contributed by atoms with van der Waals surface area (Å²) in [6, 6.07) is 13.5. The van der Waals surface area contributed by atoms with Crippen molar-refractivity contribution in [2.75, 3.05) is 19.0 Å². The van der Waals surface area contributed by atoms with Gasteiger partial charge in [0.25, 0.3) is 0 Å². The Morgan fingerprint density at radius 2 is 2.14 bits per heavy atom. The van der Waals surface area contributed by atoms with Gasteiger partial charge in [0, 0.05) is 18.7 Å². The Bertz CT molecular complexity index is 667. The first-order valence-corrected chi connectivity index (χ1v) is 6.94. The number of rotatable bonds is 4. The summed E-state index contributed by atoms with van der Waals surface area (Å²) in [6.07, 6.45) is 0.960. The van der Waals surface area contributed by atoms with Crippen LogP contribution in [-0.4, -0.2) is 19.7 Å². The third kappa shape index (κ3) is 2.84. The van der Waals surface area contributed by atoms with Crippen LogP contribution in [0.15, 0.2) is 42.5 Å². The number of carbonyl (C=O) groups is 1. The van der Waals surface area contributed by atoms with Gasteiger partial charge in [0.2, 0.25) is 0 Å². The minimum Gasteiger partial charge on any atom is -0.493 e. The summed E-state index contributed by atoms with van der Waals surface area (Å²) >= 11 is 0. The van der Waals surface area contributed by atoms with Crippen molar-refractivity contribution in [3.63, 3.8) is 0 Å². The molecule has 0 radical (unpaired) electrons. The van der Waals surface area contributed by atoms with E-state index in [-0.39, 0.29) is 5.97 Å². The van der Waals surface area contributed by atoms with Gasteiger partial charge in [0.1, 0.15) is 5.75 Å². The van der Waals surface area contributed by atoms with Gasteiger partial charge in [-0.25, -0.2) is 4.79 Å². The van der Waals surface area contributed by atoms with Crippen molar-refractivity contribution in [3.8, 4) is 5.75 Å². The molecular weight excluding hydrogens is 266 g/mol. The number of fused-ring (bicyclic) bond motifs is 1. The molecule has 0 saturated carbocycles. The van der Waals surface area contributed by atoms with Crippen LogP contribution in [0.1, 0.15) is 21.5 Å². The maximum Gasteiger partial charge on any atom is 0.339 e. The van der Waals surface area contributed by atoms with Crippen LogP contribution in [0, 0.1) is 0 Å². The van der Waals surface area contributed by atoms with Gasteiger partial charge in [-0.1, -0.05) is 24.3 Å². The fourth-order valence-electron chi connectivity index (χ4n) is 2.47. The quantitative estimate of drug-likeness (QED) is 0.876. The molecule has 0 amide bonds. The summed E-state index contributed by atoms with van der Waals surface area (Å²) in [5.74, 6) is 0.647. The Hall–Kier alpha value is -2.49. The van der Waals surface area contributed by atoms with Gasteiger partial charge >= 0.3 is 5.97 Å². The van der Waals surface area contributed by atoms with Crippen LogP contribution in [0.25, 0.3) is 0 Å². The molecule has 4 heteroatoms. The van der Waals surface area contributed by atoms with Crippen molar-refractivity contribution in [3.05, 3.63) is 59.2 Å². The number of hydrogen-bond donors (Lipinski definition) is 1. The SMILES string of the molecule is COC(=O)c1ccccc1NCc1ccc2c(c1)CCO2. The summed E-state index contributed by atoms with van der Waals surface area (Å²) in [6.45, 7) is 1.42. The molecule has 0 saturated heterocycles. The van der Waals surface area contributed by atoms with Crippen LogP contribution in [0.3, 0.4) is 0 Å². The van der Waals surface area contributed by atoms with Gasteiger partial charge in [0.05, 0.1) is 19.3 Å². The van der Waals surface area contributed by atoms with Gasteiger partial charge in [-0.15, -0.1) is 0 Å². The zero-order valence-corrected chi connectivity index (χ0v) is 11.9. The molecule has 2 aromatic rings. The predicted octanol–water partition coefficient (Wildman–Crippen LogP) is 3.02. The lowest BCUT2D eigenvalue weighted by atomic mass is 10.1. The third-order valence-corrected chi connectivity index (χ3v) is 3.57. The highest BCUT2D eigenvalue weighted by molar-refractivity contribution is 5.95. The Kier molecular flexibility index (Phi) is 3.77. The van der Waals surface area contributed by atoms with E-state index in [1.165, 1.54) is 18.2 Å². The lowest BCUT2D eigenvalue weighted by Gasteiger charge is -2.11. The van der Waals surface area contributed by atoms with E-state index < -0.39 is 0 Å². The Morgan fingerprint density at radius 1 is 1.29 bits per heavy atom. The van der Waals surface area contributed by atoms with E-state index in [9.17, 15) is 4.79 Å². The van der Waals surface area contributed by atoms with Crippen molar-refractivity contribution in [2.24, 2.45) is 0 Å². The van der Waals surface area contributed by atoms with Crippen LogP contribution in [0.4, 0.5) is 5.69 Å². The van der Waals surface area contributed by atoms with Crippen molar-refractivity contribution in [1.29, 1.82) is 0 Å². The number of hydrogen-bond acceptors (Lipinski definition) is 4. The molecule has 0 fully saturated rings. The first-order chi connectivity index (χ1) is 10.3. The van der Waals surface area contributed by atoms with E-state index in [1.807, 2.05) is 30.3 Å². The summed E-state index contributed by atoms with van der Waals surface area (Å²) in [4.78, 5) is 11.7. The fourth-order valence-corrected chi connectivity index (χ4v) is 2.47. The van der Waals surface area contributed by atoms with Crippen LogP contribution < -0.4 is 10.1 Å². The highest BCUT2D eigenvalue weighted by Crippen LogP contribution is 2.26. The smallest absolute Gasteiger partial charge is 0.339 e. The van der Waals surface area contributed by atoms with Crippen molar-refractivity contribution in [2.45, 2.75) is 13.0 Å². The lowest BCUT2D eigenvalue weighted by Crippen LogP contribution is -2.08. The first-order valence-electron chi connectivity index (χ1n) is 6.94. The molecule has 1 aliphatic rings. The molecule has 0 unspecified atom stereocenters.